The van der Waals surface area contributed by atoms with E-state index in [-0.39, 0.29) is 17.0 Å². The van der Waals surface area contributed by atoms with Crippen molar-refractivity contribution in [3.05, 3.63) is 93.9 Å². The van der Waals surface area contributed by atoms with Gasteiger partial charge in [-0.15, -0.1) is 0 Å². The number of hydrogen-bond acceptors (Lipinski definition) is 4. The van der Waals surface area contributed by atoms with Crippen LogP contribution in [0.3, 0.4) is 0 Å². The summed E-state index contributed by atoms with van der Waals surface area (Å²) in [6.45, 7) is 3.17. The fraction of sp³-hybridized carbons (Fsp3) is 0.179. The van der Waals surface area contributed by atoms with Crippen molar-refractivity contribution in [2.24, 2.45) is 0 Å². The monoisotopic (exact) mass is 504 g/mol. The van der Waals surface area contributed by atoms with E-state index in [9.17, 15) is 14.4 Å². The Morgan fingerprint density at radius 3 is 2.33 bits per heavy atom. The number of halogens is 2. The Balaban J connectivity index is 1.71. The maximum Gasteiger partial charge on any atom is 0.337 e. The topological polar surface area (TPSA) is 68.6 Å². The van der Waals surface area contributed by atoms with Crippen LogP contribution in [0.25, 0.3) is 22.0 Å². The highest BCUT2D eigenvalue weighted by Crippen LogP contribution is 2.35. The summed E-state index contributed by atoms with van der Waals surface area (Å²) in [7, 11) is 1.23. The van der Waals surface area contributed by atoms with Gasteiger partial charge in [0, 0.05) is 41.4 Å². The summed E-state index contributed by atoms with van der Waals surface area (Å²) in [4.78, 5) is 40.2. The van der Waals surface area contributed by atoms with Crippen molar-refractivity contribution < 1.29 is 23.5 Å². The van der Waals surface area contributed by atoms with Crippen molar-refractivity contribution in [1.29, 1.82) is 0 Å². The van der Waals surface area contributed by atoms with E-state index in [0.717, 1.165) is 12.5 Å². The molecular weight excluding hydrogens is 483 g/mol. The van der Waals surface area contributed by atoms with Crippen LogP contribution in [-0.4, -0.2) is 47.4 Å². The predicted molar refractivity (Wildman–Crippen MR) is 135 cm³/mol. The molecule has 4 aromatic rings. The number of esters is 1. The minimum atomic E-state index is -0.651. The van der Waals surface area contributed by atoms with Crippen LogP contribution in [0, 0.1) is 12.7 Å². The van der Waals surface area contributed by atoms with E-state index in [2.05, 4.69) is 4.74 Å². The SMILES string of the molecule is COC(=O)c1ccc(-c2cn(C(=O)c3c(C)cccc3Cl)c3cc(C(=O)N4CCC4)ccc23)c(F)c1. The molecule has 2 heterocycles. The first-order chi connectivity index (χ1) is 17.3. The van der Waals surface area contributed by atoms with Crippen molar-refractivity contribution in [3.8, 4) is 11.1 Å². The molecule has 1 aromatic heterocycles. The molecule has 0 bridgehead atoms. The van der Waals surface area contributed by atoms with Gasteiger partial charge < -0.3 is 9.64 Å². The predicted octanol–water partition coefficient (Wildman–Crippen LogP) is 5.73. The summed E-state index contributed by atoms with van der Waals surface area (Å²) in [6.07, 6.45) is 2.50. The molecule has 0 N–H and O–H groups in total. The van der Waals surface area contributed by atoms with E-state index in [0.29, 0.717) is 51.3 Å². The van der Waals surface area contributed by atoms with Gasteiger partial charge in [0.1, 0.15) is 5.82 Å². The van der Waals surface area contributed by atoms with Crippen molar-refractivity contribution in [1.82, 2.24) is 9.47 Å². The molecule has 6 nitrogen and oxygen atoms in total. The van der Waals surface area contributed by atoms with E-state index >= 15 is 4.39 Å². The number of fused-ring (bicyclic) bond motifs is 1. The highest BCUT2D eigenvalue weighted by atomic mass is 35.5. The molecular formula is C28H22ClFN2O4. The molecule has 1 fully saturated rings. The van der Waals surface area contributed by atoms with Crippen molar-refractivity contribution in [2.45, 2.75) is 13.3 Å². The van der Waals surface area contributed by atoms with Crippen LogP contribution in [0.5, 0.6) is 0 Å². The number of carbonyl (C=O) groups is 3. The Morgan fingerprint density at radius 2 is 1.69 bits per heavy atom. The molecule has 1 amide bonds. The minimum Gasteiger partial charge on any atom is -0.465 e. The van der Waals surface area contributed by atoms with E-state index in [1.807, 2.05) is 0 Å². The van der Waals surface area contributed by atoms with Gasteiger partial charge in [0.05, 0.1) is 28.8 Å². The van der Waals surface area contributed by atoms with Crippen LogP contribution in [-0.2, 0) is 4.74 Å². The van der Waals surface area contributed by atoms with E-state index < -0.39 is 17.7 Å². The zero-order valence-corrected chi connectivity index (χ0v) is 20.4. The molecule has 1 saturated heterocycles. The summed E-state index contributed by atoms with van der Waals surface area (Å²) in [5, 5.41) is 0.878. The second-order valence-corrected chi connectivity index (χ2v) is 9.12. The molecule has 8 heteroatoms. The normalized spacial score (nSPS) is 12.9. The number of hydrogen-bond donors (Lipinski definition) is 0. The summed E-state index contributed by atoms with van der Waals surface area (Å²) in [5.74, 6) is -1.80. The van der Waals surface area contributed by atoms with E-state index in [4.69, 9.17) is 11.6 Å². The number of nitrogens with zero attached hydrogens (tertiary/aromatic N) is 2. The van der Waals surface area contributed by atoms with E-state index in [1.54, 1.807) is 54.4 Å². The molecule has 0 atom stereocenters. The first-order valence-corrected chi connectivity index (χ1v) is 11.8. The fourth-order valence-electron chi connectivity index (χ4n) is 4.45. The molecule has 0 spiro atoms. The maximum absolute atomic E-state index is 15.2. The largest absolute Gasteiger partial charge is 0.465 e. The Hall–Kier alpha value is -3.97. The van der Waals surface area contributed by atoms with Crippen molar-refractivity contribution >= 4 is 40.3 Å². The minimum absolute atomic E-state index is 0.0766. The number of aromatic nitrogens is 1. The number of methoxy groups -OCH3 is 1. The Morgan fingerprint density at radius 1 is 0.944 bits per heavy atom. The molecule has 0 saturated carbocycles. The van der Waals surface area contributed by atoms with Gasteiger partial charge >= 0.3 is 5.97 Å². The summed E-state index contributed by atoms with van der Waals surface area (Å²) >= 11 is 6.39. The number of rotatable bonds is 4. The Bertz CT molecular complexity index is 1530. The number of benzene rings is 3. The van der Waals surface area contributed by atoms with Crippen molar-refractivity contribution in [3.63, 3.8) is 0 Å². The van der Waals surface area contributed by atoms with Gasteiger partial charge in [-0.3, -0.25) is 14.2 Å². The van der Waals surface area contributed by atoms with Crippen LogP contribution in [0.1, 0.15) is 43.1 Å². The molecule has 0 unspecified atom stereocenters. The summed E-state index contributed by atoms with van der Waals surface area (Å²) in [5.41, 5.74) is 2.64. The number of aryl methyl sites for hydroxylation is 1. The second kappa shape index (κ2) is 9.24. The third kappa shape index (κ3) is 3.95. The number of ether oxygens (including phenoxy) is 1. The molecule has 1 aliphatic heterocycles. The lowest BCUT2D eigenvalue weighted by Crippen LogP contribution is -2.42. The Labute approximate surface area is 211 Å². The van der Waals surface area contributed by atoms with Gasteiger partial charge in [-0.2, -0.15) is 0 Å². The second-order valence-electron chi connectivity index (χ2n) is 8.71. The zero-order valence-electron chi connectivity index (χ0n) is 19.7. The van der Waals surface area contributed by atoms with E-state index in [1.165, 1.54) is 23.8 Å². The van der Waals surface area contributed by atoms with Gasteiger partial charge in [-0.1, -0.05) is 35.9 Å². The van der Waals surface area contributed by atoms with Crippen LogP contribution in [0.2, 0.25) is 5.02 Å². The maximum atomic E-state index is 15.2. The van der Waals surface area contributed by atoms with Crippen LogP contribution >= 0.6 is 11.6 Å². The van der Waals surface area contributed by atoms with Gasteiger partial charge in [0.25, 0.3) is 11.8 Å². The van der Waals surface area contributed by atoms with Gasteiger partial charge in [-0.05, 0) is 49.2 Å². The highest BCUT2D eigenvalue weighted by Gasteiger charge is 2.25. The average molecular weight is 505 g/mol. The van der Waals surface area contributed by atoms with Gasteiger partial charge in [0.2, 0.25) is 0 Å². The van der Waals surface area contributed by atoms with Crippen LogP contribution < -0.4 is 0 Å². The summed E-state index contributed by atoms with van der Waals surface area (Å²) < 4.78 is 21.3. The Kier molecular flexibility index (Phi) is 6.10. The summed E-state index contributed by atoms with van der Waals surface area (Å²) in [6, 6.07) is 14.3. The molecule has 5 rings (SSSR count). The van der Waals surface area contributed by atoms with Gasteiger partial charge in [-0.25, -0.2) is 9.18 Å². The third-order valence-electron chi connectivity index (χ3n) is 6.53. The highest BCUT2D eigenvalue weighted by molar-refractivity contribution is 6.34. The lowest BCUT2D eigenvalue weighted by molar-refractivity contribution is 0.0599. The first-order valence-electron chi connectivity index (χ1n) is 11.4. The fourth-order valence-corrected chi connectivity index (χ4v) is 4.75. The van der Waals surface area contributed by atoms with Crippen molar-refractivity contribution in [2.75, 3.05) is 20.2 Å². The number of amides is 1. The van der Waals surface area contributed by atoms with Gasteiger partial charge in [0.15, 0.2) is 0 Å². The zero-order chi connectivity index (χ0) is 25.6. The average Bonchev–Trinajstić information content (AvgIpc) is 3.20. The first kappa shape index (κ1) is 23.8. The molecule has 0 radical (unpaired) electrons. The molecule has 182 valence electrons. The lowest BCUT2D eigenvalue weighted by Gasteiger charge is -2.30. The molecule has 3 aromatic carbocycles. The van der Waals surface area contributed by atoms with Crippen LogP contribution in [0.15, 0.2) is 60.8 Å². The standard InChI is InChI=1S/C28H22ClFN2O4/c1-16-5-3-6-22(29)25(16)27(34)32-15-21(19-9-8-18(13-23(19)30)28(35)36-2)20-10-7-17(14-24(20)32)26(33)31-11-4-12-31/h3,5-10,13-15H,4,11-12H2,1-2H3. The molecule has 36 heavy (non-hydrogen) atoms. The third-order valence-corrected chi connectivity index (χ3v) is 6.85. The number of carbonyl (C=O) groups excluding carboxylic acids is 3. The number of likely N-dealkylation sites (tertiary alicyclic amines) is 1. The van der Waals surface area contributed by atoms with Crippen LogP contribution in [0.4, 0.5) is 4.39 Å². The lowest BCUT2D eigenvalue weighted by atomic mass is 10.0. The smallest absolute Gasteiger partial charge is 0.337 e. The quantitative estimate of drug-likeness (QED) is 0.333. The molecule has 0 aliphatic carbocycles. The molecule has 1 aliphatic rings.